The molecule has 1 aliphatic carbocycles. The summed E-state index contributed by atoms with van der Waals surface area (Å²) >= 11 is 0. The van der Waals surface area contributed by atoms with E-state index in [0.29, 0.717) is 35.4 Å². The number of carbonyl (C=O) groups is 1. The number of halogens is 2. The van der Waals surface area contributed by atoms with Gasteiger partial charge in [-0.1, -0.05) is 0 Å². The summed E-state index contributed by atoms with van der Waals surface area (Å²) in [5.41, 5.74) is 1.76. The number of carbonyl (C=O) groups excluding carboxylic acids is 1. The van der Waals surface area contributed by atoms with Crippen LogP contribution in [0.15, 0.2) is 29.2 Å². The van der Waals surface area contributed by atoms with Crippen LogP contribution in [0, 0.1) is 12.3 Å². The molecule has 2 aromatic rings. The first kappa shape index (κ1) is 28.2. The van der Waals surface area contributed by atoms with Gasteiger partial charge in [-0.05, 0) is 56.2 Å². The van der Waals surface area contributed by atoms with E-state index in [1.807, 2.05) is 0 Å². The number of nitrogens with zero attached hydrogens (tertiary/aromatic N) is 4. The summed E-state index contributed by atoms with van der Waals surface area (Å²) in [6, 6.07) is 6.04. The fourth-order valence-electron chi connectivity index (χ4n) is 6.01. The minimum atomic E-state index is -3.91. The molecule has 1 aromatic heterocycles. The molecular formula is C28H35F2N5O5S. The van der Waals surface area contributed by atoms with E-state index in [2.05, 4.69) is 20.2 Å². The van der Waals surface area contributed by atoms with Crippen LogP contribution in [0.1, 0.15) is 54.6 Å². The lowest BCUT2D eigenvalue weighted by Crippen LogP contribution is -2.40. The highest BCUT2D eigenvalue weighted by Crippen LogP contribution is 2.54. The number of ether oxygens (including phenoxy) is 1. The second-order valence-corrected chi connectivity index (χ2v) is 14.0. The summed E-state index contributed by atoms with van der Waals surface area (Å²) in [6.07, 6.45) is 2.67. The minimum absolute atomic E-state index is 0.0346. The lowest BCUT2D eigenvalue weighted by molar-refractivity contribution is -0.0222. The molecule has 1 aromatic carbocycles. The van der Waals surface area contributed by atoms with E-state index in [1.54, 1.807) is 17.9 Å². The number of piperidine rings is 2. The summed E-state index contributed by atoms with van der Waals surface area (Å²) < 4.78 is 59.4. The maximum atomic E-state index is 13.7. The van der Waals surface area contributed by atoms with Gasteiger partial charge in [-0.25, -0.2) is 22.2 Å². The monoisotopic (exact) mass is 591 g/mol. The Balaban J connectivity index is 1.28. The van der Waals surface area contributed by atoms with Crippen LogP contribution in [0.5, 0.6) is 0 Å². The van der Waals surface area contributed by atoms with Gasteiger partial charge in [0.05, 0.1) is 35.5 Å². The van der Waals surface area contributed by atoms with E-state index in [0.717, 1.165) is 12.8 Å². The van der Waals surface area contributed by atoms with Crippen molar-refractivity contribution >= 4 is 33.2 Å². The third kappa shape index (κ3) is 5.76. The SMILES string of the molecule is Cc1cc(NC(=O)c2ccc(S(=O)(=O)[C@H]3COC[C@@H]3O)cc2N2CCC3(CC2)CC3)nc(N2CCC(F)(F)CC2)n1. The van der Waals surface area contributed by atoms with E-state index in [4.69, 9.17) is 4.74 Å². The molecular weight excluding hydrogens is 556 g/mol. The number of aromatic nitrogens is 2. The molecule has 1 saturated carbocycles. The second-order valence-electron chi connectivity index (χ2n) is 11.8. The van der Waals surface area contributed by atoms with Crippen LogP contribution in [-0.4, -0.2) is 86.1 Å². The van der Waals surface area contributed by atoms with Crippen LogP contribution in [0.3, 0.4) is 0 Å². The topological polar surface area (TPSA) is 125 Å². The first-order valence-electron chi connectivity index (χ1n) is 14.1. The predicted molar refractivity (Wildman–Crippen MR) is 148 cm³/mol. The van der Waals surface area contributed by atoms with Gasteiger partial charge < -0.3 is 25.0 Å². The van der Waals surface area contributed by atoms with Gasteiger partial charge in [-0.3, -0.25) is 4.79 Å². The number of aliphatic hydroxyl groups is 1. The van der Waals surface area contributed by atoms with Gasteiger partial charge in [0, 0.05) is 50.8 Å². The normalized spacial score (nSPS) is 25.4. The molecule has 3 aliphatic heterocycles. The van der Waals surface area contributed by atoms with Crippen LogP contribution in [0.25, 0.3) is 0 Å². The van der Waals surface area contributed by atoms with Gasteiger partial charge in [-0.15, -0.1) is 0 Å². The zero-order valence-corrected chi connectivity index (χ0v) is 23.8. The van der Waals surface area contributed by atoms with Crippen LogP contribution < -0.4 is 15.1 Å². The van der Waals surface area contributed by atoms with Crippen LogP contribution in [0.2, 0.25) is 0 Å². The van der Waals surface area contributed by atoms with E-state index in [1.165, 1.54) is 31.0 Å². The lowest BCUT2D eigenvalue weighted by Gasteiger charge is -2.35. The zero-order valence-electron chi connectivity index (χ0n) is 23.0. The fourth-order valence-corrected chi connectivity index (χ4v) is 7.66. The number of nitrogens with one attached hydrogen (secondary N) is 1. The van der Waals surface area contributed by atoms with Crippen molar-refractivity contribution in [3.8, 4) is 0 Å². The second kappa shape index (κ2) is 10.4. The standard InChI is InChI=1S/C28H35F2N5O5S/c1-18-14-24(33-26(31-18)35-12-8-28(29,30)9-13-35)32-25(37)20-3-2-19(41(38,39)23-17-40-16-22(23)36)15-21(20)34-10-6-27(4-5-27)7-11-34/h2-3,14-15,22-23,36H,4-13,16-17H2,1H3,(H,31,32,33,37)/t22-,23-/m0/s1. The van der Waals surface area contributed by atoms with Crippen molar-refractivity contribution in [1.29, 1.82) is 0 Å². The third-order valence-corrected chi connectivity index (χ3v) is 11.1. The molecule has 2 N–H and O–H groups in total. The molecule has 41 heavy (non-hydrogen) atoms. The highest BCUT2D eigenvalue weighted by Gasteiger charge is 2.45. The number of alkyl halides is 2. The minimum Gasteiger partial charge on any atom is -0.389 e. The Morgan fingerprint density at radius 2 is 1.68 bits per heavy atom. The number of aryl methyl sites for hydroxylation is 1. The number of amides is 1. The maximum absolute atomic E-state index is 13.7. The van der Waals surface area contributed by atoms with Crippen molar-refractivity contribution in [3.63, 3.8) is 0 Å². The number of sulfone groups is 1. The molecule has 0 bridgehead atoms. The Kier molecular flexibility index (Phi) is 7.18. The van der Waals surface area contributed by atoms with Crippen molar-refractivity contribution in [2.75, 3.05) is 54.5 Å². The Morgan fingerprint density at radius 1 is 1.00 bits per heavy atom. The first-order valence-corrected chi connectivity index (χ1v) is 15.7. The Bertz CT molecular complexity index is 1430. The molecule has 4 aliphatic rings. The van der Waals surface area contributed by atoms with E-state index in [9.17, 15) is 27.1 Å². The van der Waals surface area contributed by atoms with Gasteiger partial charge in [0.25, 0.3) is 11.8 Å². The summed E-state index contributed by atoms with van der Waals surface area (Å²) in [5.74, 6) is -2.65. The fraction of sp³-hybridized carbons (Fsp3) is 0.607. The average molecular weight is 592 g/mol. The van der Waals surface area contributed by atoms with Gasteiger partial charge in [-0.2, -0.15) is 4.98 Å². The summed E-state index contributed by atoms with van der Waals surface area (Å²) in [7, 11) is -3.91. The molecule has 3 saturated heterocycles. The molecule has 222 valence electrons. The average Bonchev–Trinajstić information content (AvgIpc) is 3.53. The van der Waals surface area contributed by atoms with Crippen molar-refractivity contribution < 1.29 is 31.8 Å². The smallest absolute Gasteiger partial charge is 0.258 e. The Morgan fingerprint density at radius 3 is 2.32 bits per heavy atom. The quantitative estimate of drug-likeness (QED) is 0.521. The van der Waals surface area contributed by atoms with E-state index < -0.39 is 33.0 Å². The third-order valence-electron chi connectivity index (χ3n) is 8.92. The molecule has 6 rings (SSSR count). The predicted octanol–water partition coefficient (Wildman–Crippen LogP) is 3.19. The maximum Gasteiger partial charge on any atom is 0.258 e. The zero-order chi connectivity index (χ0) is 29.0. The van der Waals surface area contributed by atoms with Gasteiger partial charge in [0.1, 0.15) is 11.1 Å². The number of aliphatic hydroxyl groups excluding tert-OH is 1. The molecule has 1 amide bonds. The number of benzene rings is 1. The molecule has 4 heterocycles. The number of rotatable bonds is 6. The molecule has 0 unspecified atom stereocenters. The van der Waals surface area contributed by atoms with Gasteiger partial charge >= 0.3 is 0 Å². The summed E-state index contributed by atoms with van der Waals surface area (Å²) in [4.78, 5) is 26.3. The van der Waals surface area contributed by atoms with Crippen LogP contribution in [0.4, 0.5) is 26.2 Å². The summed E-state index contributed by atoms with van der Waals surface area (Å²) in [5, 5.41) is 12.0. The van der Waals surface area contributed by atoms with Gasteiger partial charge in [0.2, 0.25) is 5.95 Å². The first-order chi connectivity index (χ1) is 19.4. The largest absolute Gasteiger partial charge is 0.389 e. The van der Waals surface area contributed by atoms with Crippen molar-refractivity contribution in [2.24, 2.45) is 5.41 Å². The molecule has 0 radical (unpaired) electrons. The van der Waals surface area contributed by atoms with Crippen LogP contribution in [-0.2, 0) is 14.6 Å². The lowest BCUT2D eigenvalue weighted by atomic mass is 9.93. The Hall–Kier alpha value is -2.90. The highest BCUT2D eigenvalue weighted by molar-refractivity contribution is 7.92. The van der Waals surface area contributed by atoms with Crippen molar-refractivity contribution in [1.82, 2.24) is 9.97 Å². The van der Waals surface area contributed by atoms with E-state index >= 15 is 0 Å². The van der Waals surface area contributed by atoms with Crippen molar-refractivity contribution in [3.05, 3.63) is 35.5 Å². The van der Waals surface area contributed by atoms with Crippen molar-refractivity contribution in [2.45, 2.75) is 67.6 Å². The molecule has 10 nitrogen and oxygen atoms in total. The molecule has 13 heteroatoms. The Labute approximate surface area is 238 Å². The summed E-state index contributed by atoms with van der Waals surface area (Å²) in [6.45, 7) is 3.25. The number of anilines is 3. The van der Waals surface area contributed by atoms with E-state index in [-0.39, 0.29) is 55.8 Å². The number of hydrogen-bond donors (Lipinski definition) is 2. The van der Waals surface area contributed by atoms with Crippen LogP contribution >= 0.6 is 0 Å². The molecule has 1 spiro atoms. The molecule has 4 fully saturated rings. The highest BCUT2D eigenvalue weighted by atomic mass is 32.2. The molecule has 2 atom stereocenters. The van der Waals surface area contributed by atoms with Gasteiger partial charge in [0.15, 0.2) is 9.84 Å². The number of hydrogen-bond acceptors (Lipinski definition) is 9.